The maximum atomic E-state index is 9.68. The molecule has 270 valence electrons. The lowest BCUT2D eigenvalue weighted by Crippen LogP contribution is -2.10. The lowest BCUT2D eigenvalue weighted by Gasteiger charge is -2.26. The number of benzene rings is 8. The Labute approximate surface area is 326 Å². The minimum Gasteiger partial charge on any atom is -0.507 e. The van der Waals surface area contributed by atoms with Crippen LogP contribution in [0.25, 0.3) is 22.3 Å². The second kappa shape index (κ2) is 16.9. The molecule has 0 atom stereocenters. The fourth-order valence-electron chi connectivity index (χ4n) is 6.94. The first-order chi connectivity index (χ1) is 26.8. The van der Waals surface area contributed by atoms with Gasteiger partial charge in [0.25, 0.3) is 0 Å². The quantitative estimate of drug-likeness (QED) is 0.170. The highest BCUT2D eigenvalue weighted by molar-refractivity contribution is 5.81. The molecule has 0 aliphatic rings. The smallest absolute Gasteiger partial charge is 0.121 e. The average molecular weight is 715 g/mol. The minimum atomic E-state index is 0.398. The van der Waals surface area contributed by atoms with Gasteiger partial charge in [-0.3, -0.25) is 0 Å². The van der Waals surface area contributed by atoms with Gasteiger partial charge >= 0.3 is 0 Å². The van der Waals surface area contributed by atoms with E-state index in [0.29, 0.717) is 5.75 Å². The van der Waals surface area contributed by atoms with E-state index in [1.165, 1.54) is 27.8 Å². The van der Waals surface area contributed by atoms with Gasteiger partial charge in [0.2, 0.25) is 0 Å². The number of aryl methyl sites for hydroxylation is 4. The Morgan fingerprint density at radius 2 is 0.618 bits per heavy atom. The summed E-state index contributed by atoms with van der Waals surface area (Å²) < 4.78 is 0. The number of hydrogen-bond acceptors (Lipinski definition) is 3. The molecule has 0 saturated carbocycles. The first kappa shape index (κ1) is 36.5. The van der Waals surface area contributed by atoms with Crippen molar-refractivity contribution in [1.29, 1.82) is 0 Å². The molecule has 0 radical (unpaired) electrons. The van der Waals surface area contributed by atoms with Crippen LogP contribution in [0, 0.1) is 27.7 Å². The van der Waals surface area contributed by atoms with Crippen LogP contribution in [0.15, 0.2) is 200 Å². The second-order valence-electron chi connectivity index (χ2n) is 13.9. The van der Waals surface area contributed by atoms with Crippen LogP contribution >= 0.6 is 0 Å². The molecule has 0 aliphatic carbocycles. The van der Waals surface area contributed by atoms with Crippen molar-refractivity contribution in [1.82, 2.24) is 0 Å². The summed E-state index contributed by atoms with van der Waals surface area (Å²) in [6, 6.07) is 70.3. The Kier molecular flexibility index (Phi) is 11.2. The molecule has 55 heavy (non-hydrogen) atoms. The van der Waals surface area contributed by atoms with Crippen LogP contribution in [0.3, 0.4) is 0 Å². The summed E-state index contributed by atoms with van der Waals surface area (Å²) in [5.41, 5.74) is 15.9. The third-order valence-corrected chi connectivity index (χ3v) is 9.73. The molecule has 0 aromatic heterocycles. The molecule has 8 rings (SSSR count). The van der Waals surface area contributed by atoms with Crippen LogP contribution in [-0.4, -0.2) is 5.11 Å². The first-order valence-electron chi connectivity index (χ1n) is 18.7. The van der Waals surface area contributed by atoms with E-state index >= 15 is 0 Å². The Morgan fingerprint density at radius 1 is 0.291 bits per heavy atom. The van der Waals surface area contributed by atoms with Crippen molar-refractivity contribution >= 4 is 34.1 Å². The van der Waals surface area contributed by atoms with Gasteiger partial charge in [0.05, 0.1) is 0 Å². The SMILES string of the molecule is Cc1cc(-c2ccccc2)cc(C)c1O.Cc1cccc(N(c2ccccc2)c2ccc(-c3ccc(N(c4ccccc4)c4cccc(C)c4)cc3)cc2)c1. The molecule has 0 spiro atoms. The summed E-state index contributed by atoms with van der Waals surface area (Å²) in [5.74, 6) is 0.398. The Balaban J connectivity index is 0.000000259. The molecule has 3 nitrogen and oxygen atoms in total. The largest absolute Gasteiger partial charge is 0.507 e. The number of phenols is 1. The molecule has 0 amide bonds. The van der Waals surface area contributed by atoms with Crippen LogP contribution in [0.2, 0.25) is 0 Å². The lowest BCUT2D eigenvalue weighted by atomic mass is 10.00. The number of phenolic OH excluding ortho intramolecular Hbond substituents is 1. The molecule has 0 aliphatic heterocycles. The van der Waals surface area contributed by atoms with Gasteiger partial charge in [-0.15, -0.1) is 0 Å². The predicted octanol–water partition coefficient (Wildman–Crippen LogP) is 14.6. The number of para-hydroxylation sites is 2. The van der Waals surface area contributed by atoms with Gasteiger partial charge in [-0.1, -0.05) is 115 Å². The van der Waals surface area contributed by atoms with E-state index in [9.17, 15) is 5.11 Å². The average Bonchev–Trinajstić information content (AvgIpc) is 3.22. The van der Waals surface area contributed by atoms with E-state index in [0.717, 1.165) is 50.8 Å². The van der Waals surface area contributed by atoms with E-state index in [2.05, 4.69) is 194 Å². The lowest BCUT2D eigenvalue weighted by molar-refractivity contribution is 0.467. The van der Waals surface area contributed by atoms with E-state index in [4.69, 9.17) is 0 Å². The van der Waals surface area contributed by atoms with Crippen LogP contribution in [-0.2, 0) is 0 Å². The standard InChI is InChI=1S/C38H32N2.C14H14O/c1-29-11-9-17-37(27-29)39(33-13-5-3-6-14-33)35-23-19-31(20-24-35)32-21-25-36(26-22-32)40(34-15-7-4-8-16-34)38-18-10-12-30(2)28-38;1-10-8-13(9-11(2)14(10)15)12-6-4-3-5-7-12/h3-28H,1-2H3;3-9,15H,1-2H3. The summed E-state index contributed by atoms with van der Waals surface area (Å²) in [4.78, 5) is 4.61. The van der Waals surface area contributed by atoms with Crippen molar-refractivity contribution < 1.29 is 5.11 Å². The zero-order valence-corrected chi connectivity index (χ0v) is 31.9. The Bertz CT molecular complexity index is 2300. The number of hydrogen-bond donors (Lipinski definition) is 1. The predicted molar refractivity (Wildman–Crippen MR) is 234 cm³/mol. The Hall–Kier alpha value is -6.84. The zero-order valence-electron chi connectivity index (χ0n) is 31.9. The minimum absolute atomic E-state index is 0.398. The van der Waals surface area contributed by atoms with Gasteiger partial charge in [0, 0.05) is 34.1 Å². The second-order valence-corrected chi connectivity index (χ2v) is 13.9. The molecular formula is C52H46N2O. The summed E-state index contributed by atoms with van der Waals surface area (Å²) in [6.45, 7) is 8.12. The van der Waals surface area contributed by atoms with E-state index in [1.54, 1.807) is 0 Å². The van der Waals surface area contributed by atoms with E-state index < -0.39 is 0 Å². The van der Waals surface area contributed by atoms with Crippen LogP contribution in [0.5, 0.6) is 5.75 Å². The maximum Gasteiger partial charge on any atom is 0.121 e. The fraction of sp³-hybridized carbons (Fsp3) is 0.0769. The van der Waals surface area contributed by atoms with Gasteiger partial charge in [0.1, 0.15) is 5.75 Å². The van der Waals surface area contributed by atoms with Crippen molar-refractivity contribution in [2.45, 2.75) is 27.7 Å². The van der Waals surface area contributed by atoms with Crippen LogP contribution < -0.4 is 9.80 Å². The summed E-state index contributed by atoms with van der Waals surface area (Å²) in [7, 11) is 0. The third-order valence-electron chi connectivity index (χ3n) is 9.73. The van der Waals surface area contributed by atoms with Gasteiger partial charge in [-0.25, -0.2) is 0 Å². The number of anilines is 6. The maximum absolute atomic E-state index is 9.68. The summed E-state index contributed by atoms with van der Waals surface area (Å²) in [6.07, 6.45) is 0. The molecular weight excluding hydrogens is 669 g/mol. The normalized spacial score (nSPS) is 10.6. The fourth-order valence-corrected chi connectivity index (χ4v) is 6.94. The van der Waals surface area contributed by atoms with Crippen LogP contribution in [0.4, 0.5) is 34.1 Å². The van der Waals surface area contributed by atoms with Gasteiger partial charge in [0.15, 0.2) is 0 Å². The van der Waals surface area contributed by atoms with Crippen molar-refractivity contribution in [2.24, 2.45) is 0 Å². The molecule has 0 unspecified atom stereocenters. The monoisotopic (exact) mass is 714 g/mol. The molecule has 0 heterocycles. The number of aromatic hydroxyl groups is 1. The van der Waals surface area contributed by atoms with Crippen molar-refractivity contribution in [2.75, 3.05) is 9.80 Å². The highest BCUT2D eigenvalue weighted by Gasteiger charge is 2.15. The zero-order chi connectivity index (χ0) is 38.1. The molecule has 3 heteroatoms. The topological polar surface area (TPSA) is 26.7 Å². The van der Waals surface area contributed by atoms with Crippen molar-refractivity contribution in [3.8, 4) is 28.0 Å². The van der Waals surface area contributed by atoms with Gasteiger partial charge in [-0.05, 0) is 157 Å². The summed E-state index contributed by atoms with van der Waals surface area (Å²) >= 11 is 0. The van der Waals surface area contributed by atoms with E-state index in [1.807, 2.05) is 44.2 Å². The third kappa shape index (κ3) is 8.70. The van der Waals surface area contributed by atoms with Gasteiger partial charge < -0.3 is 14.9 Å². The first-order valence-corrected chi connectivity index (χ1v) is 18.7. The molecule has 0 fully saturated rings. The van der Waals surface area contributed by atoms with Gasteiger partial charge in [-0.2, -0.15) is 0 Å². The van der Waals surface area contributed by atoms with Crippen LogP contribution in [0.1, 0.15) is 22.3 Å². The molecule has 8 aromatic rings. The molecule has 0 saturated heterocycles. The number of nitrogens with zero attached hydrogens (tertiary/aromatic N) is 2. The number of rotatable bonds is 8. The molecule has 1 N–H and O–H groups in total. The van der Waals surface area contributed by atoms with E-state index in [-0.39, 0.29) is 0 Å². The summed E-state index contributed by atoms with van der Waals surface area (Å²) in [5, 5.41) is 9.68. The molecule has 8 aromatic carbocycles. The highest BCUT2D eigenvalue weighted by atomic mass is 16.3. The van der Waals surface area contributed by atoms with Crippen molar-refractivity contribution in [3.05, 3.63) is 222 Å². The molecule has 0 bridgehead atoms. The highest BCUT2D eigenvalue weighted by Crippen LogP contribution is 2.38. The Morgan fingerprint density at radius 3 is 1.00 bits per heavy atom. The van der Waals surface area contributed by atoms with Crippen molar-refractivity contribution in [3.63, 3.8) is 0 Å².